The molecule has 104 valence electrons. The molecule has 0 saturated heterocycles. The van der Waals surface area contributed by atoms with Crippen LogP contribution in [0.2, 0.25) is 0 Å². The summed E-state index contributed by atoms with van der Waals surface area (Å²) in [6, 6.07) is 2.57. The molecule has 0 amide bonds. The molecule has 2 heterocycles. The van der Waals surface area contributed by atoms with E-state index in [1.807, 2.05) is 10.7 Å². The smallest absolute Gasteiger partial charge is 0.152 e. The van der Waals surface area contributed by atoms with E-state index in [2.05, 4.69) is 49.2 Å². The van der Waals surface area contributed by atoms with Gasteiger partial charge in [-0.25, -0.2) is 9.50 Å². The van der Waals surface area contributed by atoms with E-state index in [1.54, 1.807) is 6.20 Å². The monoisotopic (exact) mass is 260 g/mol. The first-order chi connectivity index (χ1) is 9.11. The minimum absolute atomic E-state index is 0.435. The Hall–Kier alpha value is -1.58. The molecule has 0 aliphatic heterocycles. The molecule has 1 unspecified atom stereocenters. The Morgan fingerprint density at radius 2 is 2.11 bits per heavy atom. The van der Waals surface area contributed by atoms with Gasteiger partial charge >= 0.3 is 0 Å². The van der Waals surface area contributed by atoms with Crippen molar-refractivity contribution in [1.82, 2.24) is 14.6 Å². The van der Waals surface area contributed by atoms with Crippen molar-refractivity contribution in [3.05, 3.63) is 24.2 Å². The third-order valence-corrected chi connectivity index (χ3v) is 3.37. The molecule has 2 rings (SSSR count). The van der Waals surface area contributed by atoms with Crippen molar-refractivity contribution in [2.75, 3.05) is 5.32 Å². The van der Waals surface area contributed by atoms with Gasteiger partial charge in [-0.2, -0.15) is 5.10 Å². The van der Waals surface area contributed by atoms with Gasteiger partial charge in [0.25, 0.3) is 0 Å². The zero-order valence-electron chi connectivity index (χ0n) is 12.3. The fraction of sp³-hybridized carbons (Fsp3) is 0.600. The van der Waals surface area contributed by atoms with Crippen LogP contribution in [0.5, 0.6) is 0 Å². The zero-order valence-corrected chi connectivity index (χ0v) is 12.3. The minimum Gasteiger partial charge on any atom is -0.366 e. The first-order valence-electron chi connectivity index (χ1n) is 7.22. The number of unbranched alkanes of at least 4 members (excludes halogenated alkanes) is 1. The Morgan fingerprint density at radius 3 is 2.79 bits per heavy atom. The van der Waals surface area contributed by atoms with Crippen molar-refractivity contribution in [3.8, 4) is 0 Å². The molecule has 0 radical (unpaired) electrons. The van der Waals surface area contributed by atoms with Crippen molar-refractivity contribution >= 4 is 11.3 Å². The Kier molecular flexibility index (Phi) is 4.40. The van der Waals surface area contributed by atoms with Gasteiger partial charge in [-0.15, -0.1) is 0 Å². The standard InChI is InChI=1S/C15H24N4/c1-5-6-7-12(4)17-15-14-10-13(11(2)3)18-19(14)9-8-16-15/h8-12H,5-7H2,1-4H3,(H,16,17). The molecule has 0 aromatic carbocycles. The lowest BCUT2D eigenvalue weighted by Crippen LogP contribution is -2.16. The van der Waals surface area contributed by atoms with Gasteiger partial charge in [-0.05, 0) is 25.3 Å². The molecular weight excluding hydrogens is 236 g/mol. The molecule has 4 nitrogen and oxygen atoms in total. The average Bonchev–Trinajstić information content (AvgIpc) is 2.81. The molecule has 1 N–H and O–H groups in total. The molecule has 2 aromatic rings. The summed E-state index contributed by atoms with van der Waals surface area (Å²) < 4.78 is 1.91. The lowest BCUT2D eigenvalue weighted by atomic mass is 10.1. The number of anilines is 1. The summed E-state index contributed by atoms with van der Waals surface area (Å²) in [5.41, 5.74) is 2.17. The highest BCUT2D eigenvalue weighted by molar-refractivity contribution is 5.68. The average molecular weight is 260 g/mol. The SMILES string of the molecule is CCCCC(C)Nc1nccn2nc(C(C)C)cc12. The fourth-order valence-corrected chi connectivity index (χ4v) is 2.15. The molecule has 1 atom stereocenters. The van der Waals surface area contributed by atoms with Gasteiger partial charge in [0.15, 0.2) is 5.82 Å². The number of rotatable bonds is 6. The summed E-state index contributed by atoms with van der Waals surface area (Å²) in [4.78, 5) is 4.46. The quantitative estimate of drug-likeness (QED) is 0.858. The van der Waals surface area contributed by atoms with E-state index in [1.165, 1.54) is 19.3 Å². The molecule has 4 heteroatoms. The number of aromatic nitrogens is 3. The minimum atomic E-state index is 0.435. The number of nitrogens with zero attached hydrogens (tertiary/aromatic N) is 3. The van der Waals surface area contributed by atoms with Crippen molar-refractivity contribution in [2.24, 2.45) is 0 Å². The molecule has 0 aliphatic rings. The molecule has 0 saturated carbocycles. The number of hydrogen-bond acceptors (Lipinski definition) is 3. The molecule has 19 heavy (non-hydrogen) atoms. The van der Waals surface area contributed by atoms with Gasteiger partial charge < -0.3 is 5.32 Å². The van der Waals surface area contributed by atoms with Crippen LogP contribution in [-0.4, -0.2) is 20.6 Å². The summed E-state index contributed by atoms with van der Waals surface area (Å²) in [6.07, 6.45) is 7.36. The first-order valence-corrected chi connectivity index (χ1v) is 7.22. The Bertz CT molecular complexity index is 530. The Morgan fingerprint density at radius 1 is 1.32 bits per heavy atom. The van der Waals surface area contributed by atoms with E-state index >= 15 is 0 Å². The van der Waals surface area contributed by atoms with Crippen LogP contribution in [0, 0.1) is 0 Å². The van der Waals surface area contributed by atoms with Crippen LogP contribution in [-0.2, 0) is 0 Å². The molecule has 2 aromatic heterocycles. The van der Waals surface area contributed by atoms with Gasteiger partial charge in [0.05, 0.1) is 5.69 Å². The topological polar surface area (TPSA) is 42.2 Å². The van der Waals surface area contributed by atoms with Gasteiger partial charge in [0.1, 0.15) is 5.52 Å². The highest BCUT2D eigenvalue weighted by Gasteiger charge is 2.11. The highest BCUT2D eigenvalue weighted by Crippen LogP contribution is 2.20. The first kappa shape index (κ1) is 13.8. The molecule has 0 spiro atoms. The van der Waals surface area contributed by atoms with Crippen LogP contribution < -0.4 is 5.32 Å². The number of nitrogens with one attached hydrogen (secondary N) is 1. The summed E-state index contributed by atoms with van der Waals surface area (Å²) in [5, 5.41) is 8.08. The van der Waals surface area contributed by atoms with E-state index in [9.17, 15) is 0 Å². The second-order valence-corrected chi connectivity index (χ2v) is 5.52. The second kappa shape index (κ2) is 6.04. The van der Waals surface area contributed by atoms with Crippen LogP contribution in [0.15, 0.2) is 18.5 Å². The fourth-order valence-electron chi connectivity index (χ4n) is 2.15. The maximum Gasteiger partial charge on any atom is 0.152 e. The second-order valence-electron chi connectivity index (χ2n) is 5.52. The molecular formula is C15H24N4. The third kappa shape index (κ3) is 3.25. The summed E-state index contributed by atoms with van der Waals surface area (Å²) in [6.45, 7) is 8.75. The van der Waals surface area contributed by atoms with E-state index in [-0.39, 0.29) is 0 Å². The van der Waals surface area contributed by atoms with E-state index in [0.717, 1.165) is 17.0 Å². The summed E-state index contributed by atoms with van der Waals surface area (Å²) in [7, 11) is 0. The van der Waals surface area contributed by atoms with Crippen molar-refractivity contribution in [1.29, 1.82) is 0 Å². The van der Waals surface area contributed by atoms with Crippen LogP contribution in [0.25, 0.3) is 5.52 Å². The van der Waals surface area contributed by atoms with Crippen LogP contribution in [0.3, 0.4) is 0 Å². The van der Waals surface area contributed by atoms with Crippen molar-refractivity contribution in [3.63, 3.8) is 0 Å². The third-order valence-electron chi connectivity index (χ3n) is 3.37. The number of hydrogen-bond donors (Lipinski definition) is 1. The summed E-state index contributed by atoms with van der Waals surface area (Å²) >= 11 is 0. The summed E-state index contributed by atoms with van der Waals surface area (Å²) in [5.74, 6) is 1.37. The van der Waals surface area contributed by atoms with Gasteiger partial charge in [-0.3, -0.25) is 0 Å². The number of fused-ring (bicyclic) bond motifs is 1. The van der Waals surface area contributed by atoms with Crippen molar-refractivity contribution < 1.29 is 0 Å². The van der Waals surface area contributed by atoms with E-state index in [0.29, 0.717) is 12.0 Å². The van der Waals surface area contributed by atoms with Gasteiger partial charge in [0.2, 0.25) is 0 Å². The van der Waals surface area contributed by atoms with E-state index in [4.69, 9.17) is 0 Å². The predicted molar refractivity (Wildman–Crippen MR) is 79.7 cm³/mol. The molecule has 0 bridgehead atoms. The molecule has 0 fully saturated rings. The van der Waals surface area contributed by atoms with Gasteiger partial charge in [-0.1, -0.05) is 33.6 Å². The van der Waals surface area contributed by atoms with Gasteiger partial charge in [0, 0.05) is 18.4 Å². The maximum absolute atomic E-state index is 4.58. The Balaban J connectivity index is 2.22. The normalized spacial score (nSPS) is 13.1. The predicted octanol–water partition coefficient (Wildman–Crippen LogP) is 3.84. The highest BCUT2D eigenvalue weighted by atomic mass is 15.2. The lowest BCUT2D eigenvalue weighted by Gasteiger charge is -2.14. The van der Waals surface area contributed by atoms with E-state index < -0.39 is 0 Å². The van der Waals surface area contributed by atoms with Crippen molar-refractivity contribution in [2.45, 2.75) is 58.9 Å². The van der Waals surface area contributed by atoms with Crippen LogP contribution >= 0.6 is 0 Å². The molecule has 0 aliphatic carbocycles. The van der Waals surface area contributed by atoms with Crippen LogP contribution in [0.1, 0.15) is 58.6 Å². The zero-order chi connectivity index (χ0) is 13.8. The Labute approximate surface area is 115 Å². The maximum atomic E-state index is 4.58. The lowest BCUT2D eigenvalue weighted by molar-refractivity contribution is 0.643. The van der Waals surface area contributed by atoms with Crippen LogP contribution in [0.4, 0.5) is 5.82 Å². The largest absolute Gasteiger partial charge is 0.366 e.